The summed E-state index contributed by atoms with van der Waals surface area (Å²) in [5, 5.41) is 16.7. The Morgan fingerprint density at radius 1 is 1.21 bits per heavy atom. The molecule has 1 aromatic heterocycles. The number of urea groups is 1. The molecule has 176 valence electrons. The van der Waals surface area contributed by atoms with Crippen molar-refractivity contribution in [2.45, 2.75) is 63.5 Å². The maximum atomic E-state index is 13.1. The maximum absolute atomic E-state index is 13.1. The first-order chi connectivity index (χ1) is 15.7. The normalized spacial score (nSPS) is 22.3. The fraction of sp³-hybridized carbons (Fsp3) is 0.480. The van der Waals surface area contributed by atoms with Gasteiger partial charge in [-0.25, -0.2) is 9.78 Å². The Bertz CT molecular complexity index is 1060. The largest absolute Gasteiger partial charge is 0.391 e. The molecule has 0 bridgehead atoms. The summed E-state index contributed by atoms with van der Waals surface area (Å²) in [7, 11) is 0. The van der Waals surface area contributed by atoms with E-state index in [9.17, 15) is 14.7 Å². The Hall–Kier alpha value is -2.97. The van der Waals surface area contributed by atoms with Gasteiger partial charge in [0.25, 0.3) is 5.91 Å². The molecule has 3 amide bonds. The summed E-state index contributed by atoms with van der Waals surface area (Å²) in [4.78, 5) is 29.5. The smallest absolute Gasteiger partial charge is 0.319 e. The van der Waals surface area contributed by atoms with Crippen LogP contribution in [-0.4, -0.2) is 41.3 Å². The summed E-state index contributed by atoms with van der Waals surface area (Å²) in [6, 6.07) is 8.67. The number of nitrogens with zero attached hydrogens (tertiary/aromatic N) is 1. The molecular weight excluding hydrogens is 420 g/mol. The fourth-order valence-corrected chi connectivity index (χ4v) is 5.08. The first kappa shape index (κ1) is 23.2. The number of carbonyl (C=O) groups excluding carboxylic acids is 2. The zero-order chi connectivity index (χ0) is 23.8. The average Bonchev–Trinajstić information content (AvgIpc) is 2.77. The molecular formula is C25H32N4O4. The molecule has 4 rings (SSSR count). The molecule has 2 aromatic rings. The molecule has 33 heavy (non-hydrogen) atoms. The van der Waals surface area contributed by atoms with Gasteiger partial charge in [0.1, 0.15) is 5.69 Å². The molecule has 1 saturated heterocycles. The molecule has 2 atom stereocenters. The minimum absolute atomic E-state index is 0.0505. The molecule has 0 unspecified atom stereocenters. The highest BCUT2D eigenvalue weighted by atomic mass is 16.5. The SMILES string of the molecule is Cc1cc(NC(=O)N[C@@H]2c3ccccc3C(C)(C)C[C@H]2O)c(C2CCOCC2)nc1C(N)=O. The third-order valence-electron chi connectivity index (χ3n) is 6.75. The van der Waals surface area contributed by atoms with Gasteiger partial charge in [-0.15, -0.1) is 0 Å². The molecule has 1 aliphatic heterocycles. The topological polar surface area (TPSA) is 127 Å². The van der Waals surface area contributed by atoms with Crippen LogP contribution in [-0.2, 0) is 10.2 Å². The van der Waals surface area contributed by atoms with Gasteiger partial charge >= 0.3 is 6.03 Å². The van der Waals surface area contributed by atoms with E-state index in [0.717, 1.165) is 24.0 Å². The molecule has 5 N–H and O–H groups in total. The number of anilines is 1. The standard InChI is InChI=1S/C25H32N4O4/c1-14-12-18(21(28-20(14)23(26)31)15-8-10-33-11-9-15)27-24(32)29-22-16-6-4-5-7-17(16)25(2,3)13-19(22)30/h4-7,12,15,19,22,30H,8-11,13H2,1-3H3,(H2,26,31)(H2,27,29,32)/t19-,22-/m1/s1. The van der Waals surface area contributed by atoms with Crippen molar-refractivity contribution in [3.05, 3.63) is 58.4 Å². The second kappa shape index (κ2) is 9.11. The number of ether oxygens (including phenoxy) is 1. The van der Waals surface area contributed by atoms with Gasteiger partial charge < -0.3 is 26.2 Å². The fourth-order valence-electron chi connectivity index (χ4n) is 5.08. The third kappa shape index (κ3) is 4.72. The number of benzene rings is 1. The number of amides is 3. The van der Waals surface area contributed by atoms with E-state index in [1.807, 2.05) is 24.3 Å². The lowest BCUT2D eigenvalue weighted by molar-refractivity contribution is 0.0844. The molecule has 0 spiro atoms. The van der Waals surface area contributed by atoms with Crippen molar-refractivity contribution < 1.29 is 19.4 Å². The zero-order valence-corrected chi connectivity index (χ0v) is 19.4. The van der Waals surface area contributed by atoms with E-state index in [4.69, 9.17) is 10.5 Å². The van der Waals surface area contributed by atoms with Crippen LogP contribution in [0.4, 0.5) is 10.5 Å². The van der Waals surface area contributed by atoms with Crippen molar-refractivity contribution in [3.63, 3.8) is 0 Å². The molecule has 2 heterocycles. The van der Waals surface area contributed by atoms with Crippen LogP contribution in [0.5, 0.6) is 0 Å². The van der Waals surface area contributed by atoms with E-state index < -0.39 is 24.1 Å². The van der Waals surface area contributed by atoms with Gasteiger partial charge in [0.05, 0.1) is 23.5 Å². The highest BCUT2D eigenvalue weighted by molar-refractivity contribution is 5.94. The van der Waals surface area contributed by atoms with Crippen molar-refractivity contribution >= 4 is 17.6 Å². The number of hydrogen-bond acceptors (Lipinski definition) is 5. The lowest BCUT2D eigenvalue weighted by Gasteiger charge is -2.40. The first-order valence-corrected chi connectivity index (χ1v) is 11.4. The molecule has 0 radical (unpaired) electrons. The van der Waals surface area contributed by atoms with Crippen LogP contribution in [0.3, 0.4) is 0 Å². The van der Waals surface area contributed by atoms with Crippen LogP contribution in [0, 0.1) is 6.92 Å². The van der Waals surface area contributed by atoms with Crippen molar-refractivity contribution in [2.75, 3.05) is 18.5 Å². The van der Waals surface area contributed by atoms with Gasteiger partial charge in [0.15, 0.2) is 0 Å². The number of nitrogens with one attached hydrogen (secondary N) is 2. The van der Waals surface area contributed by atoms with E-state index in [0.29, 0.717) is 36.6 Å². The van der Waals surface area contributed by atoms with E-state index in [1.165, 1.54) is 0 Å². The summed E-state index contributed by atoms with van der Waals surface area (Å²) in [5.74, 6) is -0.545. The van der Waals surface area contributed by atoms with Crippen molar-refractivity contribution in [1.82, 2.24) is 10.3 Å². The number of aryl methyl sites for hydroxylation is 1. The number of nitrogens with two attached hydrogens (primary N) is 1. The maximum Gasteiger partial charge on any atom is 0.319 e. The Labute approximate surface area is 193 Å². The van der Waals surface area contributed by atoms with Gasteiger partial charge in [0, 0.05) is 19.1 Å². The second-order valence-electron chi connectivity index (χ2n) is 9.66. The number of carbonyl (C=O) groups is 2. The molecule has 1 fully saturated rings. The number of hydrogen-bond donors (Lipinski definition) is 4. The summed E-state index contributed by atoms with van der Waals surface area (Å²) in [5.41, 5.74) is 9.35. The van der Waals surface area contributed by atoms with Gasteiger partial charge in [-0.05, 0) is 54.4 Å². The summed E-state index contributed by atoms with van der Waals surface area (Å²) in [6.07, 6.45) is 1.31. The highest BCUT2D eigenvalue weighted by Gasteiger charge is 2.39. The van der Waals surface area contributed by atoms with Crippen LogP contribution in [0.2, 0.25) is 0 Å². The van der Waals surface area contributed by atoms with Crippen molar-refractivity contribution in [2.24, 2.45) is 5.73 Å². The Kier molecular flexibility index (Phi) is 6.41. The third-order valence-corrected chi connectivity index (χ3v) is 6.75. The van der Waals surface area contributed by atoms with Gasteiger partial charge in [-0.3, -0.25) is 4.79 Å². The number of fused-ring (bicyclic) bond motifs is 1. The Morgan fingerprint density at radius 2 is 1.91 bits per heavy atom. The molecule has 1 aliphatic carbocycles. The van der Waals surface area contributed by atoms with Gasteiger partial charge in [-0.2, -0.15) is 0 Å². The van der Waals surface area contributed by atoms with Crippen LogP contribution in [0.15, 0.2) is 30.3 Å². The Balaban J connectivity index is 1.61. The van der Waals surface area contributed by atoms with Gasteiger partial charge in [-0.1, -0.05) is 38.1 Å². The number of primary amides is 1. The lowest BCUT2D eigenvalue weighted by atomic mass is 9.70. The average molecular weight is 453 g/mol. The summed E-state index contributed by atoms with van der Waals surface area (Å²) in [6.45, 7) is 7.13. The van der Waals surface area contributed by atoms with Crippen LogP contribution < -0.4 is 16.4 Å². The lowest BCUT2D eigenvalue weighted by Crippen LogP contribution is -2.45. The van der Waals surface area contributed by atoms with E-state index >= 15 is 0 Å². The van der Waals surface area contributed by atoms with Crippen LogP contribution in [0.25, 0.3) is 0 Å². The molecule has 8 nitrogen and oxygen atoms in total. The predicted octanol–water partition coefficient (Wildman–Crippen LogP) is 3.29. The van der Waals surface area contributed by atoms with E-state index in [2.05, 4.69) is 29.5 Å². The predicted molar refractivity (Wildman–Crippen MR) is 125 cm³/mol. The minimum atomic E-state index is -0.715. The number of aliphatic hydroxyl groups excluding tert-OH is 1. The second-order valence-corrected chi connectivity index (χ2v) is 9.66. The van der Waals surface area contributed by atoms with Crippen LogP contribution >= 0.6 is 0 Å². The van der Waals surface area contributed by atoms with Crippen LogP contribution in [0.1, 0.15) is 77.9 Å². The minimum Gasteiger partial charge on any atom is -0.391 e. The molecule has 1 aromatic carbocycles. The van der Waals surface area contributed by atoms with E-state index in [1.54, 1.807) is 13.0 Å². The van der Waals surface area contributed by atoms with Gasteiger partial charge in [0.2, 0.25) is 0 Å². The molecule has 8 heteroatoms. The summed E-state index contributed by atoms with van der Waals surface area (Å²) >= 11 is 0. The number of aliphatic hydroxyl groups is 1. The molecule has 2 aliphatic rings. The highest BCUT2D eigenvalue weighted by Crippen LogP contribution is 2.41. The number of aromatic nitrogens is 1. The first-order valence-electron chi connectivity index (χ1n) is 11.4. The number of rotatable bonds is 4. The number of pyridine rings is 1. The van der Waals surface area contributed by atoms with E-state index in [-0.39, 0.29) is 17.0 Å². The summed E-state index contributed by atoms with van der Waals surface area (Å²) < 4.78 is 5.46. The molecule has 0 saturated carbocycles. The van der Waals surface area contributed by atoms with Crippen molar-refractivity contribution in [1.29, 1.82) is 0 Å². The Morgan fingerprint density at radius 3 is 2.61 bits per heavy atom. The zero-order valence-electron chi connectivity index (χ0n) is 19.4. The van der Waals surface area contributed by atoms with Crippen molar-refractivity contribution in [3.8, 4) is 0 Å². The monoisotopic (exact) mass is 452 g/mol. The quantitative estimate of drug-likeness (QED) is 0.566.